The summed E-state index contributed by atoms with van der Waals surface area (Å²) in [5.41, 5.74) is 0.277. The highest BCUT2D eigenvalue weighted by atomic mass is 19.1. The molecular formula is C5H2F2N4. The Morgan fingerprint density at radius 2 is 2.09 bits per heavy atom. The number of aromatic amines is 1. The van der Waals surface area contributed by atoms with Crippen LogP contribution in [0.15, 0.2) is 6.20 Å². The topological polar surface area (TPSA) is 54.5 Å². The maximum absolute atomic E-state index is 12.3. The molecule has 0 unspecified atom stereocenters. The summed E-state index contributed by atoms with van der Waals surface area (Å²) in [6.45, 7) is 0. The van der Waals surface area contributed by atoms with Gasteiger partial charge in [0.15, 0.2) is 5.65 Å². The maximum atomic E-state index is 12.3. The quantitative estimate of drug-likeness (QED) is 0.449. The predicted molar refractivity (Wildman–Crippen MR) is 31.6 cm³/mol. The summed E-state index contributed by atoms with van der Waals surface area (Å²) in [4.78, 5) is 11.9. The molecule has 0 aliphatic carbocycles. The first-order valence-electron chi connectivity index (χ1n) is 2.79. The molecule has 0 saturated carbocycles. The monoisotopic (exact) mass is 156 g/mol. The lowest BCUT2D eigenvalue weighted by atomic mass is 10.6. The smallest absolute Gasteiger partial charge is 0.310 e. The molecule has 0 bridgehead atoms. The number of halogens is 2. The Morgan fingerprint density at radius 3 is 2.91 bits per heavy atom. The van der Waals surface area contributed by atoms with Crippen LogP contribution in [0.4, 0.5) is 8.78 Å². The summed E-state index contributed by atoms with van der Waals surface area (Å²) in [6, 6.07) is 0. The summed E-state index contributed by atoms with van der Waals surface area (Å²) in [6.07, 6.45) is -0.572. The van der Waals surface area contributed by atoms with Crippen molar-refractivity contribution in [2.75, 3.05) is 0 Å². The van der Waals surface area contributed by atoms with E-state index in [4.69, 9.17) is 0 Å². The fourth-order valence-corrected chi connectivity index (χ4v) is 0.757. The highest BCUT2D eigenvalue weighted by Crippen LogP contribution is 2.05. The normalized spacial score (nSPS) is 10.7. The summed E-state index contributed by atoms with van der Waals surface area (Å²) >= 11 is 0. The van der Waals surface area contributed by atoms with E-state index in [-0.39, 0.29) is 11.2 Å². The van der Waals surface area contributed by atoms with Gasteiger partial charge in [0.05, 0.1) is 6.20 Å². The van der Waals surface area contributed by atoms with Crippen LogP contribution in [-0.2, 0) is 0 Å². The third-order valence-electron chi connectivity index (χ3n) is 1.18. The predicted octanol–water partition coefficient (Wildman–Crippen LogP) is 0.631. The summed E-state index contributed by atoms with van der Waals surface area (Å²) in [7, 11) is 0. The Labute approximate surface area is 59.3 Å². The molecule has 0 atom stereocenters. The van der Waals surface area contributed by atoms with Gasteiger partial charge in [0.25, 0.3) is 6.08 Å². The largest absolute Gasteiger partial charge is 0.311 e. The lowest BCUT2D eigenvalue weighted by Gasteiger charge is -1.83. The minimum absolute atomic E-state index is 0.00463. The molecule has 0 aliphatic rings. The van der Waals surface area contributed by atoms with Gasteiger partial charge in [-0.3, -0.25) is 0 Å². The molecule has 11 heavy (non-hydrogen) atoms. The first-order chi connectivity index (χ1) is 5.25. The van der Waals surface area contributed by atoms with Gasteiger partial charge >= 0.3 is 6.08 Å². The van der Waals surface area contributed by atoms with E-state index in [1.165, 1.54) is 0 Å². The van der Waals surface area contributed by atoms with Crippen molar-refractivity contribution < 1.29 is 8.78 Å². The van der Waals surface area contributed by atoms with Gasteiger partial charge in [0.1, 0.15) is 5.52 Å². The number of fused-ring (bicyclic) bond motifs is 1. The number of aromatic nitrogens is 4. The number of hydrogen-bond donors (Lipinski definition) is 1. The van der Waals surface area contributed by atoms with Gasteiger partial charge in [0.2, 0.25) is 0 Å². The second-order valence-electron chi connectivity index (χ2n) is 1.90. The number of imidazole rings is 1. The molecule has 2 aromatic heterocycles. The molecule has 0 aromatic carbocycles. The molecule has 6 heteroatoms. The Kier molecular flexibility index (Phi) is 1.09. The van der Waals surface area contributed by atoms with Crippen molar-refractivity contribution in [1.29, 1.82) is 0 Å². The number of hydrogen-bond acceptors (Lipinski definition) is 3. The second kappa shape index (κ2) is 1.94. The fraction of sp³-hybridized carbons (Fsp3) is 0. The summed E-state index contributed by atoms with van der Waals surface area (Å²) in [5, 5.41) is 0. The summed E-state index contributed by atoms with van der Waals surface area (Å²) in [5.74, 6) is 0. The molecule has 1 N–H and O–H groups in total. The average molecular weight is 156 g/mol. The third-order valence-corrected chi connectivity index (χ3v) is 1.18. The van der Waals surface area contributed by atoms with Gasteiger partial charge in [-0.05, 0) is 0 Å². The molecule has 0 fully saturated rings. The number of nitrogens with one attached hydrogen (secondary N) is 1. The minimum Gasteiger partial charge on any atom is -0.311 e. The third kappa shape index (κ3) is 0.917. The van der Waals surface area contributed by atoms with Gasteiger partial charge in [-0.25, -0.2) is 4.98 Å². The van der Waals surface area contributed by atoms with Crippen LogP contribution >= 0.6 is 0 Å². The van der Waals surface area contributed by atoms with E-state index in [1.807, 2.05) is 0 Å². The second-order valence-corrected chi connectivity index (χ2v) is 1.90. The van der Waals surface area contributed by atoms with E-state index in [2.05, 4.69) is 19.9 Å². The van der Waals surface area contributed by atoms with Crippen LogP contribution in [0.25, 0.3) is 11.2 Å². The zero-order chi connectivity index (χ0) is 7.84. The van der Waals surface area contributed by atoms with Crippen LogP contribution in [-0.4, -0.2) is 19.9 Å². The molecule has 0 saturated heterocycles. The lowest BCUT2D eigenvalue weighted by molar-refractivity contribution is 0.542. The van der Waals surface area contributed by atoms with E-state index >= 15 is 0 Å². The van der Waals surface area contributed by atoms with E-state index in [9.17, 15) is 8.78 Å². The van der Waals surface area contributed by atoms with E-state index in [0.29, 0.717) is 0 Å². The molecule has 0 amide bonds. The molecule has 0 aliphatic heterocycles. The maximum Gasteiger partial charge on any atom is 0.310 e. The van der Waals surface area contributed by atoms with Crippen molar-refractivity contribution >= 4 is 11.2 Å². The van der Waals surface area contributed by atoms with Crippen LogP contribution in [0.2, 0.25) is 0 Å². The minimum atomic E-state index is -0.913. The molecule has 2 aromatic rings. The number of H-pyrrole nitrogens is 1. The zero-order valence-electron chi connectivity index (χ0n) is 5.17. The van der Waals surface area contributed by atoms with Crippen molar-refractivity contribution in [2.45, 2.75) is 0 Å². The van der Waals surface area contributed by atoms with Crippen LogP contribution < -0.4 is 0 Å². The van der Waals surface area contributed by atoms with Crippen molar-refractivity contribution in [1.82, 2.24) is 19.9 Å². The molecule has 2 heterocycles. The zero-order valence-corrected chi connectivity index (χ0v) is 5.17. The van der Waals surface area contributed by atoms with Crippen LogP contribution in [0.3, 0.4) is 0 Å². The number of rotatable bonds is 0. The first kappa shape index (κ1) is 6.14. The van der Waals surface area contributed by atoms with E-state index in [1.54, 1.807) is 0 Å². The van der Waals surface area contributed by atoms with Crippen molar-refractivity contribution in [3.63, 3.8) is 0 Å². The Hall–Kier alpha value is -1.59. The van der Waals surface area contributed by atoms with Gasteiger partial charge < -0.3 is 4.98 Å². The van der Waals surface area contributed by atoms with E-state index in [0.717, 1.165) is 6.20 Å². The van der Waals surface area contributed by atoms with Gasteiger partial charge in [-0.1, -0.05) is 0 Å². The highest BCUT2D eigenvalue weighted by molar-refractivity contribution is 5.67. The molecule has 0 spiro atoms. The molecular weight excluding hydrogens is 154 g/mol. The number of nitrogens with zero attached hydrogens (tertiary/aromatic N) is 3. The molecule has 2 rings (SSSR count). The average Bonchev–Trinajstić information content (AvgIpc) is 2.27. The van der Waals surface area contributed by atoms with E-state index < -0.39 is 12.2 Å². The van der Waals surface area contributed by atoms with Crippen molar-refractivity contribution in [3.8, 4) is 0 Å². The summed E-state index contributed by atoms with van der Waals surface area (Å²) < 4.78 is 24.5. The Morgan fingerprint density at radius 1 is 1.27 bits per heavy atom. The van der Waals surface area contributed by atoms with Gasteiger partial charge in [-0.2, -0.15) is 18.7 Å². The first-order valence-corrected chi connectivity index (χ1v) is 2.79. The molecule has 56 valence electrons. The lowest BCUT2D eigenvalue weighted by Crippen LogP contribution is -1.87. The van der Waals surface area contributed by atoms with Crippen LogP contribution in [0.1, 0.15) is 0 Å². The van der Waals surface area contributed by atoms with Crippen molar-refractivity contribution in [3.05, 3.63) is 18.4 Å². The molecule has 0 radical (unpaired) electrons. The standard InChI is InChI=1S/C5H2F2N4/c6-4-8-1-2-3(10-4)11-5(7)9-2/h1H,(H,8,9,10,11). The fourth-order valence-electron chi connectivity index (χ4n) is 0.757. The Balaban J connectivity index is 2.82. The van der Waals surface area contributed by atoms with Gasteiger partial charge in [-0.15, -0.1) is 0 Å². The molecule has 4 nitrogen and oxygen atoms in total. The SMILES string of the molecule is Fc1ncc2[nH]c(F)nc2n1. The van der Waals surface area contributed by atoms with Gasteiger partial charge in [0, 0.05) is 0 Å². The Bertz CT molecular complexity index is 396. The van der Waals surface area contributed by atoms with Crippen LogP contribution in [0, 0.1) is 12.2 Å². The van der Waals surface area contributed by atoms with Crippen LogP contribution in [0.5, 0.6) is 0 Å². The van der Waals surface area contributed by atoms with Crippen molar-refractivity contribution in [2.24, 2.45) is 0 Å². The highest BCUT2D eigenvalue weighted by Gasteiger charge is 2.03.